The smallest absolute Gasteiger partial charge is 0.260 e. The molecule has 1 heterocycles. The van der Waals surface area contributed by atoms with Crippen LogP contribution in [0.5, 0.6) is 0 Å². The Bertz CT molecular complexity index is 333. The highest BCUT2D eigenvalue weighted by Gasteiger charge is 2.22. The predicted molar refractivity (Wildman–Crippen MR) is 47.5 cm³/mol. The average molecular weight is 181 g/mol. The van der Waals surface area contributed by atoms with E-state index in [9.17, 15) is 8.78 Å². The number of hydrogen-bond acceptors (Lipinski definition) is 1. The summed E-state index contributed by atoms with van der Waals surface area (Å²) in [4.78, 5) is 3.80. The van der Waals surface area contributed by atoms with Crippen LogP contribution in [0.4, 0.5) is 8.78 Å². The molecule has 1 aliphatic heterocycles. The van der Waals surface area contributed by atoms with E-state index in [1.807, 2.05) is 24.3 Å². The van der Waals surface area contributed by atoms with Crippen molar-refractivity contribution < 1.29 is 8.78 Å². The van der Waals surface area contributed by atoms with Crippen LogP contribution < -0.4 is 0 Å². The number of halogens is 2. The van der Waals surface area contributed by atoms with Crippen molar-refractivity contribution in [1.29, 1.82) is 0 Å². The van der Waals surface area contributed by atoms with E-state index in [1.165, 1.54) is 6.21 Å². The van der Waals surface area contributed by atoms with Gasteiger partial charge in [-0.2, -0.15) is 0 Å². The molecule has 1 aromatic rings. The molecule has 0 N–H and O–H groups in total. The first-order chi connectivity index (χ1) is 6.27. The van der Waals surface area contributed by atoms with Crippen molar-refractivity contribution in [3.8, 4) is 0 Å². The summed E-state index contributed by atoms with van der Waals surface area (Å²) in [6.45, 7) is 0. The Morgan fingerprint density at radius 2 is 2.08 bits per heavy atom. The fourth-order valence-electron chi connectivity index (χ4n) is 1.45. The summed E-state index contributed by atoms with van der Waals surface area (Å²) in [5.41, 5.74) is 1.92. The van der Waals surface area contributed by atoms with E-state index in [4.69, 9.17) is 0 Å². The SMILES string of the molecule is FC(F)[C@@H]1Cc2ccccc2C=N1. The van der Waals surface area contributed by atoms with Crippen LogP contribution in [0.1, 0.15) is 11.1 Å². The third kappa shape index (κ3) is 1.59. The normalized spacial score (nSPS) is 20.4. The fourth-order valence-corrected chi connectivity index (χ4v) is 1.45. The van der Waals surface area contributed by atoms with E-state index in [2.05, 4.69) is 4.99 Å². The lowest BCUT2D eigenvalue weighted by molar-refractivity contribution is 0.116. The van der Waals surface area contributed by atoms with Gasteiger partial charge in [-0.15, -0.1) is 0 Å². The summed E-state index contributed by atoms with van der Waals surface area (Å²) in [6.07, 6.45) is -0.468. The van der Waals surface area contributed by atoms with Crippen LogP contribution in [0.2, 0.25) is 0 Å². The van der Waals surface area contributed by atoms with E-state index in [0.717, 1.165) is 11.1 Å². The maximum Gasteiger partial charge on any atom is 0.260 e. The Morgan fingerprint density at radius 1 is 1.31 bits per heavy atom. The lowest BCUT2D eigenvalue weighted by Gasteiger charge is -2.17. The molecule has 1 atom stereocenters. The number of aliphatic imine (C=N–C) groups is 1. The van der Waals surface area contributed by atoms with Gasteiger partial charge in [0.25, 0.3) is 6.43 Å². The van der Waals surface area contributed by atoms with Gasteiger partial charge in [0.05, 0.1) is 0 Å². The van der Waals surface area contributed by atoms with Crippen molar-refractivity contribution >= 4 is 6.21 Å². The molecule has 0 unspecified atom stereocenters. The third-order valence-corrected chi connectivity index (χ3v) is 2.18. The molecule has 68 valence electrons. The maximum absolute atomic E-state index is 12.3. The zero-order chi connectivity index (χ0) is 9.26. The summed E-state index contributed by atoms with van der Waals surface area (Å²) in [5, 5.41) is 0. The maximum atomic E-state index is 12.3. The van der Waals surface area contributed by atoms with Gasteiger partial charge in [-0.3, -0.25) is 4.99 Å². The van der Waals surface area contributed by atoms with Gasteiger partial charge in [0.1, 0.15) is 6.04 Å². The molecule has 0 bridgehead atoms. The Morgan fingerprint density at radius 3 is 2.85 bits per heavy atom. The molecule has 2 rings (SSSR count). The summed E-state index contributed by atoms with van der Waals surface area (Å²) < 4.78 is 24.6. The molecule has 0 aromatic heterocycles. The van der Waals surface area contributed by atoms with Crippen LogP contribution in [-0.2, 0) is 6.42 Å². The first kappa shape index (κ1) is 8.35. The minimum atomic E-state index is -2.36. The highest BCUT2D eigenvalue weighted by atomic mass is 19.3. The van der Waals surface area contributed by atoms with Gasteiger partial charge >= 0.3 is 0 Å². The molecule has 0 radical (unpaired) electrons. The van der Waals surface area contributed by atoms with Crippen LogP contribution in [0.25, 0.3) is 0 Å². The van der Waals surface area contributed by atoms with E-state index in [-0.39, 0.29) is 0 Å². The third-order valence-electron chi connectivity index (χ3n) is 2.18. The number of nitrogens with zero attached hydrogens (tertiary/aromatic N) is 1. The van der Waals surface area contributed by atoms with Gasteiger partial charge in [-0.25, -0.2) is 8.78 Å². The highest BCUT2D eigenvalue weighted by molar-refractivity contribution is 5.83. The standard InChI is InChI=1S/C10H9F2N/c11-10(12)9-5-7-3-1-2-4-8(7)6-13-9/h1-4,6,9-10H,5H2/t9-/m0/s1. The number of alkyl halides is 2. The summed E-state index contributed by atoms with van der Waals surface area (Å²) in [7, 11) is 0. The Balaban J connectivity index is 2.29. The first-order valence-electron chi connectivity index (χ1n) is 4.16. The quantitative estimate of drug-likeness (QED) is 0.630. The first-order valence-corrected chi connectivity index (χ1v) is 4.16. The molecular formula is C10H9F2N. The predicted octanol–water partition coefficient (Wildman–Crippen LogP) is 2.30. The lowest BCUT2D eigenvalue weighted by Crippen LogP contribution is -2.22. The molecule has 13 heavy (non-hydrogen) atoms. The second kappa shape index (κ2) is 3.24. The van der Waals surface area contributed by atoms with Crippen molar-refractivity contribution in [3.63, 3.8) is 0 Å². The number of rotatable bonds is 1. The van der Waals surface area contributed by atoms with Gasteiger partial charge in [-0.1, -0.05) is 24.3 Å². The Labute approximate surface area is 75.1 Å². The van der Waals surface area contributed by atoms with Crippen molar-refractivity contribution in [2.45, 2.75) is 18.9 Å². The van der Waals surface area contributed by atoms with Crippen molar-refractivity contribution in [3.05, 3.63) is 35.4 Å². The molecule has 1 aromatic carbocycles. The second-order valence-corrected chi connectivity index (χ2v) is 3.08. The van der Waals surface area contributed by atoms with Crippen LogP contribution >= 0.6 is 0 Å². The van der Waals surface area contributed by atoms with Crippen molar-refractivity contribution in [1.82, 2.24) is 0 Å². The zero-order valence-corrected chi connectivity index (χ0v) is 6.95. The summed E-state index contributed by atoms with van der Waals surface area (Å²) in [5.74, 6) is 0. The zero-order valence-electron chi connectivity index (χ0n) is 6.95. The topological polar surface area (TPSA) is 12.4 Å². The minimum Gasteiger partial charge on any atom is -0.283 e. The number of hydrogen-bond donors (Lipinski definition) is 0. The molecular weight excluding hydrogens is 172 g/mol. The van der Waals surface area contributed by atoms with Gasteiger partial charge in [0.2, 0.25) is 0 Å². The molecule has 0 fully saturated rings. The molecule has 1 nitrogen and oxygen atoms in total. The van der Waals surface area contributed by atoms with Crippen molar-refractivity contribution in [2.24, 2.45) is 4.99 Å². The van der Waals surface area contributed by atoms with Crippen molar-refractivity contribution in [2.75, 3.05) is 0 Å². The van der Waals surface area contributed by atoms with Crippen LogP contribution in [0.15, 0.2) is 29.3 Å². The molecule has 3 heteroatoms. The minimum absolute atomic E-state index is 0.352. The lowest BCUT2D eigenvalue weighted by atomic mass is 9.98. The van der Waals surface area contributed by atoms with Gasteiger partial charge in [0, 0.05) is 12.6 Å². The second-order valence-electron chi connectivity index (χ2n) is 3.08. The fraction of sp³-hybridized carbons (Fsp3) is 0.300. The number of fused-ring (bicyclic) bond motifs is 1. The largest absolute Gasteiger partial charge is 0.283 e. The molecule has 1 aliphatic rings. The van der Waals surface area contributed by atoms with Gasteiger partial charge < -0.3 is 0 Å². The molecule has 0 saturated heterocycles. The highest BCUT2D eigenvalue weighted by Crippen LogP contribution is 2.19. The van der Waals surface area contributed by atoms with E-state index in [1.54, 1.807) is 0 Å². The van der Waals surface area contributed by atoms with Crippen LogP contribution in [-0.4, -0.2) is 18.7 Å². The Hall–Kier alpha value is -1.25. The number of benzene rings is 1. The summed E-state index contributed by atoms with van der Waals surface area (Å²) in [6, 6.07) is 6.65. The van der Waals surface area contributed by atoms with Crippen LogP contribution in [0.3, 0.4) is 0 Å². The Kier molecular flexibility index (Phi) is 2.08. The molecule has 0 amide bonds. The molecule has 0 spiro atoms. The van der Waals surface area contributed by atoms with E-state index < -0.39 is 12.5 Å². The molecule has 0 aliphatic carbocycles. The van der Waals surface area contributed by atoms with Gasteiger partial charge in [-0.05, 0) is 11.1 Å². The van der Waals surface area contributed by atoms with Crippen LogP contribution in [0, 0.1) is 0 Å². The molecule has 0 saturated carbocycles. The summed E-state index contributed by atoms with van der Waals surface area (Å²) >= 11 is 0. The van der Waals surface area contributed by atoms with E-state index >= 15 is 0 Å². The average Bonchev–Trinajstić information content (AvgIpc) is 2.17. The van der Waals surface area contributed by atoms with Gasteiger partial charge in [0.15, 0.2) is 0 Å². The monoisotopic (exact) mass is 181 g/mol. The van der Waals surface area contributed by atoms with E-state index in [0.29, 0.717) is 6.42 Å².